The molecular weight excluding hydrogens is 510 g/mol. The van der Waals surface area contributed by atoms with E-state index in [1.54, 1.807) is 0 Å². The lowest BCUT2D eigenvalue weighted by molar-refractivity contribution is -0.177. The molecule has 2 rings (SSSR count). The van der Waals surface area contributed by atoms with Crippen molar-refractivity contribution >= 4 is 29.8 Å². The molecule has 0 radical (unpaired) electrons. The van der Waals surface area contributed by atoms with Crippen LogP contribution in [0.25, 0.3) is 0 Å². The molecule has 0 bridgehead atoms. The number of carbonyl (C=O) groups is 5. The summed E-state index contributed by atoms with van der Waals surface area (Å²) < 4.78 is 28.8. The largest absolute Gasteiger partial charge is 0.464 e. The molecule has 0 amide bonds. The van der Waals surface area contributed by atoms with Crippen molar-refractivity contribution in [3.8, 4) is 0 Å². The minimum Gasteiger partial charge on any atom is -0.464 e. The van der Waals surface area contributed by atoms with Crippen molar-refractivity contribution in [3.05, 3.63) is 0 Å². The SMILES string of the molecule is CCCC(=O)OC[C@@H]1[C@@H](OC(=O)CCC)[C@H](OC(=O)CCC)[C@H]2[C@H](OC(=O)CCC)[C@@H](OC(=O)CCC)CN21. The van der Waals surface area contributed by atoms with E-state index < -0.39 is 66.3 Å². The zero-order chi connectivity index (χ0) is 28.9. The van der Waals surface area contributed by atoms with Crippen molar-refractivity contribution in [2.75, 3.05) is 13.2 Å². The second-order valence-corrected chi connectivity index (χ2v) is 10.1. The average Bonchev–Trinajstić information content (AvgIpc) is 3.32. The Morgan fingerprint density at radius 1 is 0.564 bits per heavy atom. The van der Waals surface area contributed by atoms with Crippen molar-refractivity contribution in [3.63, 3.8) is 0 Å². The molecule has 0 N–H and O–H groups in total. The van der Waals surface area contributed by atoms with Crippen LogP contribution in [0.15, 0.2) is 0 Å². The van der Waals surface area contributed by atoms with E-state index in [1.807, 2.05) is 39.5 Å². The van der Waals surface area contributed by atoms with Crippen molar-refractivity contribution in [1.82, 2.24) is 4.90 Å². The van der Waals surface area contributed by atoms with E-state index in [4.69, 9.17) is 23.7 Å². The number of esters is 5. The first kappa shape index (κ1) is 32.5. The molecule has 2 aliphatic heterocycles. The fourth-order valence-corrected chi connectivity index (χ4v) is 5.03. The van der Waals surface area contributed by atoms with E-state index >= 15 is 0 Å². The van der Waals surface area contributed by atoms with Gasteiger partial charge in [0, 0.05) is 38.6 Å². The highest BCUT2D eigenvalue weighted by molar-refractivity contribution is 5.72. The van der Waals surface area contributed by atoms with E-state index in [9.17, 15) is 24.0 Å². The summed E-state index contributed by atoms with van der Waals surface area (Å²) in [4.78, 5) is 64.6. The van der Waals surface area contributed by atoms with Crippen LogP contribution >= 0.6 is 0 Å². The molecule has 11 nitrogen and oxygen atoms in total. The summed E-state index contributed by atoms with van der Waals surface area (Å²) in [5.74, 6) is -2.29. The predicted octanol–water partition coefficient (Wildman–Crippen LogP) is 3.24. The first-order chi connectivity index (χ1) is 18.7. The highest BCUT2D eigenvalue weighted by Gasteiger charge is 2.63. The normalized spacial score (nSPS) is 26.0. The Morgan fingerprint density at radius 2 is 0.974 bits per heavy atom. The van der Waals surface area contributed by atoms with Crippen molar-refractivity contribution in [2.45, 2.75) is 135 Å². The summed E-state index contributed by atoms with van der Waals surface area (Å²) in [6, 6.07) is -1.46. The van der Waals surface area contributed by atoms with E-state index in [0.717, 1.165) is 0 Å². The van der Waals surface area contributed by atoms with Crippen LogP contribution in [0.4, 0.5) is 0 Å². The van der Waals surface area contributed by atoms with Crippen molar-refractivity contribution in [2.24, 2.45) is 0 Å². The zero-order valence-electron chi connectivity index (χ0n) is 24.0. The standard InChI is InChI=1S/C28H45NO10/c1-6-11-20(30)35-17-18-26(37-22(32)13-8-3)28(39-24(34)15-10-5)25-27(38-23(33)14-9-4)19(16-29(18)25)36-21(31)12-7-2/h18-19,25-28H,6-17H2,1-5H3/t18-,19+,25-,26-,27-,28-/m1/s1. The van der Waals surface area contributed by atoms with Gasteiger partial charge in [-0.15, -0.1) is 0 Å². The van der Waals surface area contributed by atoms with Gasteiger partial charge in [0.05, 0.1) is 12.1 Å². The van der Waals surface area contributed by atoms with E-state index in [1.165, 1.54) is 0 Å². The lowest BCUT2D eigenvalue weighted by Gasteiger charge is -2.30. The van der Waals surface area contributed by atoms with Crippen LogP contribution in [0.5, 0.6) is 0 Å². The molecule has 222 valence electrons. The van der Waals surface area contributed by atoms with Crippen LogP contribution in [0, 0.1) is 0 Å². The van der Waals surface area contributed by atoms with Gasteiger partial charge >= 0.3 is 29.8 Å². The maximum atomic E-state index is 12.7. The number of rotatable bonds is 16. The highest BCUT2D eigenvalue weighted by atomic mass is 16.6. The molecule has 2 aliphatic rings. The number of hydrogen-bond acceptors (Lipinski definition) is 11. The molecular formula is C28H45NO10. The molecule has 0 unspecified atom stereocenters. The number of ether oxygens (including phenoxy) is 5. The van der Waals surface area contributed by atoms with Crippen LogP contribution in [0.3, 0.4) is 0 Å². The van der Waals surface area contributed by atoms with Crippen LogP contribution in [0.2, 0.25) is 0 Å². The Bertz CT molecular complexity index is 828. The fraction of sp³-hybridized carbons (Fsp3) is 0.821. The van der Waals surface area contributed by atoms with Gasteiger partial charge in [-0.05, 0) is 32.1 Å². The first-order valence-electron chi connectivity index (χ1n) is 14.4. The molecule has 0 aromatic carbocycles. The smallest absolute Gasteiger partial charge is 0.306 e. The van der Waals surface area contributed by atoms with Gasteiger partial charge in [-0.2, -0.15) is 0 Å². The molecule has 2 saturated heterocycles. The van der Waals surface area contributed by atoms with Gasteiger partial charge in [0.1, 0.15) is 6.61 Å². The van der Waals surface area contributed by atoms with E-state index in [-0.39, 0.29) is 45.3 Å². The first-order valence-corrected chi connectivity index (χ1v) is 14.4. The van der Waals surface area contributed by atoms with Crippen LogP contribution in [-0.2, 0) is 47.7 Å². The lowest BCUT2D eigenvalue weighted by atomic mass is 10.0. The Morgan fingerprint density at radius 3 is 1.46 bits per heavy atom. The Labute approximate surface area is 231 Å². The van der Waals surface area contributed by atoms with Gasteiger partial charge in [0.2, 0.25) is 0 Å². The molecule has 0 aromatic rings. The maximum Gasteiger partial charge on any atom is 0.306 e. The van der Waals surface area contributed by atoms with Gasteiger partial charge in [-0.1, -0.05) is 34.6 Å². The minimum atomic E-state index is -1.02. The van der Waals surface area contributed by atoms with Crippen LogP contribution in [0.1, 0.15) is 98.8 Å². The maximum absolute atomic E-state index is 12.7. The third kappa shape index (κ3) is 9.19. The van der Waals surface area contributed by atoms with Gasteiger partial charge in [0.15, 0.2) is 24.4 Å². The summed E-state index contributed by atoms with van der Waals surface area (Å²) in [5.41, 5.74) is 0. The summed E-state index contributed by atoms with van der Waals surface area (Å²) in [7, 11) is 0. The number of fused-ring (bicyclic) bond motifs is 1. The lowest BCUT2D eigenvalue weighted by Crippen LogP contribution is -2.48. The van der Waals surface area contributed by atoms with Gasteiger partial charge < -0.3 is 23.7 Å². The third-order valence-electron chi connectivity index (χ3n) is 6.71. The molecule has 6 atom stereocenters. The van der Waals surface area contributed by atoms with E-state index in [0.29, 0.717) is 32.1 Å². The number of hydrogen-bond donors (Lipinski definition) is 0. The molecule has 0 saturated carbocycles. The number of nitrogens with zero attached hydrogens (tertiary/aromatic N) is 1. The van der Waals surface area contributed by atoms with Crippen LogP contribution < -0.4 is 0 Å². The number of carbonyl (C=O) groups excluding carboxylic acids is 5. The minimum absolute atomic E-state index is 0.129. The molecule has 0 aromatic heterocycles. The molecule has 11 heteroatoms. The van der Waals surface area contributed by atoms with Crippen molar-refractivity contribution < 1.29 is 47.7 Å². The second kappa shape index (κ2) is 16.4. The summed E-state index contributed by atoms with van der Waals surface area (Å²) >= 11 is 0. The second-order valence-electron chi connectivity index (χ2n) is 10.1. The summed E-state index contributed by atoms with van der Waals surface area (Å²) in [6.45, 7) is 9.23. The highest BCUT2D eigenvalue weighted by Crippen LogP contribution is 2.40. The van der Waals surface area contributed by atoms with Gasteiger partial charge in [-0.25, -0.2) is 0 Å². The third-order valence-corrected chi connectivity index (χ3v) is 6.71. The Balaban J connectivity index is 2.50. The molecule has 39 heavy (non-hydrogen) atoms. The van der Waals surface area contributed by atoms with E-state index in [2.05, 4.69) is 0 Å². The molecule has 2 heterocycles. The summed E-state index contributed by atoms with van der Waals surface area (Å²) in [5, 5.41) is 0. The van der Waals surface area contributed by atoms with Crippen LogP contribution in [-0.4, -0.2) is 84.4 Å². The monoisotopic (exact) mass is 555 g/mol. The predicted molar refractivity (Wildman–Crippen MR) is 139 cm³/mol. The topological polar surface area (TPSA) is 135 Å². The average molecular weight is 556 g/mol. The Kier molecular flexibility index (Phi) is 13.7. The molecule has 0 spiro atoms. The van der Waals surface area contributed by atoms with Gasteiger partial charge in [-0.3, -0.25) is 28.9 Å². The molecule has 2 fully saturated rings. The fourth-order valence-electron chi connectivity index (χ4n) is 5.03. The quantitative estimate of drug-likeness (QED) is 0.205. The van der Waals surface area contributed by atoms with Gasteiger partial charge in [0.25, 0.3) is 0 Å². The zero-order valence-corrected chi connectivity index (χ0v) is 24.0. The van der Waals surface area contributed by atoms with Crippen molar-refractivity contribution in [1.29, 1.82) is 0 Å². The summed E-state index contributed by atoms with van der Waals surface area (Å²) in [6.07, 6.45) is -0.0550. The Hall–Kier alpha value is -2.69. The molecule has 0 aliphatic carbocycles.